The van der Waals surface area contributed by atoms with E-state index in [1.165, 1.54) is 0 Å². The SMILES string of the molecule is CSCC(C)N(C)c1ccc(Cl)nn1. The first-order chi connectivity index (χ1) is 6.65. The van der Waals surface area contributed by atoms with Crippen LogP contribution >= 0.6 is 23.4 Å². The van der Waals surface area contributed by atoms with Gasteiger partial charge in [-0.1, -0.05) is 11.6 Å². The Morgan fingerprint density at radius 2 is 2.21 bits per heavy atom. The molecule has 1 aromatic rings. The number of hydrogen-bond acceptors (Lipinski definition) is 4. The molecule has 1 unspecified atom stereocenters. The first-order valence-electron chi connectivity index (χ1n) is 4.36. The molecule has 0 aliphatic heterocycles. The van der Waals surface area contributed by atoms with Crippen molar-refractivity contribution in [1.29, 1.82) is 0 Å². The fourth-order valence-electron chi connectivity index (χ4n) is 1.08. The zero-order valence-corrected chi connectivity index (χ0v) is 10.1. The van der Waals surface area contributed by atoms with E-state index in [9.17, 15) is 0 Å². The molecule has 0 aliphatic rings. The van der Waals surface area contributed by atoms with Crippen LogP contribution in [0.15, 0.2) is 12.1 Å². The summed E-state index contributed by atoms with van der Waals surface area (Å²) in [6.07, 6.45) is 2.10. The number of halogens is 1. The molecule has 0 N–H and O–H groups in total. The van der Waals surface area contributed by atoms with Crippen molar-refractivity contribution in [2.45, 2.75) is 13.0 Å². The van der Waals surface area contributed by atoms with Crippen LogP contribution in [0, 0.1) is 0 Å². The van der Waals surface area contributed by atoms with Gasteiger partial charge < -0.3 is 4.90 Å². The van der Waals surface area contributed by atoms with Crippen LogP contribution in [0.5, 0.6) is 0 Å². The van der Waals surface area contributed by atoms with Crippen molar-refractivity contribution in [2.75, 3.05) is 24.0 Å². The molecule has 3 nitrogen and oxygen atoms in total. The molecular weight excluding hydrogens is 218 g/mol. The number of hydrogen-bond donors (Lipinski definition) is 0. The summed E-state index contributed by atoms with van der Waals surface area (Å²) in [4.78, 5) is 2.10. The van der Waals surface area contributed by atoms with E-state index in [-0.39, 0.29) is 0 Å². The largest absolute Gasteiger partial charge is 0.355 e. The highest BCUT2D eigenvalue weighted by Crippen LogP contribution is 2.14. The molecule has 1 atom stereocenters. The summed E-state index contributed by atoms with van der Waals surface area (Å²) in [5.41, 5.74) is 0. The average molecular weight is 232 g/mol. The normalized spacial score (nSPS) is 12.6. The maximum absolute atomic E-state index is 5.66. The van der Waals surface area contributed by atoms with E-state index in [0.29, 0.717) is 11.2 Å². The highest BCUT2D eigenvalue weighted by molar-refractivity contribution is 7.98. The summed E-state index contributed by atoms with van der Waals surface area (Å²) < 4.78 is 0. The van der Waals surface area contributed by atoms with Crippen LogP contribution in [-0.4, -0.2) is 35.3 Å². The third kappa shape index (κ3) is 3.03. The van der Waals surface area contributed by atoms with E-state index in [4.69, 9.17) is 11.6 Å². The molecule has 5 heteroatoms. The van der Waals surface area contributed by atoms with Gasteiger partial charge in [0.15, 0.2) is 11.0 Å². The summed E-state index contributed by atoms with van der Waals surface area (Å²) >= 11 is 7.48. The molecule has 0 aliphatic carbocycles. The van der Waals surface area contributed by atoms with Crippen molar-refractivity contribution >= 4 is 29.2 Å². The van der Waals surface area contributed by atoms with E-state index < -0.39 is 0 Å². The van der Waals surface area contributed by atoms with Gasteiger partial charge >= 0.3 is 0 Å². The molecule has 0 saturated carbocycles. The lowest BCUT2D eigenvalue weighted by Gasteiger charge is -2.24. The van der Waals surface area contributed by atoms with Crippen molar-refractivity contribution in [3.63, 3.8) is 0 Å². The van der Waals surface area contributed by atoms with Crippen molar-refractivity contribution in [2.24, 2.45) is 0 Å². The van der Waals surface area contributed by atoms with Gasteiger partial charge in [-0.2, -0.15) is 11.8 Å². The minimum atomic E-state index is 0.430. The van der Waals surface area contributed by atoms with E-state index in [2.05, 4.69) is 28.3 Å². The van der Waals surface area contributed by atoms with E-state index in [1.807, 2.05) is 24.9 Å². The number of anilines is 1. The number of rotatable bonds is 4. The number of nitrogens with zero attached hydrogens (tertiary/aromatic N) is 3. The maximum Gasteiger partial charge on any atom is 0.151 e. The van der Waals surface area contributed by atoms with Crippen molar-refractivity contribution in [3.05, 3.63) is 17.3 Å². The summed E-state index contributed by atoms with van der Waals surface area (Å²) in [7, 11) is 2.01. The van der Waals surface area contributed by atoms with Crippen LogP contribution in [-0.2, 0) is 0 Å². The minimum absolute atomic E-state index is 0.430. The predicted molar refractivity (Wildman–Crippen MR) is 63.3 cm³/mol. The van der Waals surface area contributed by atoms with Gasteiger partial charge in [0, 0.05) is 18.8 Å². The second-order valence-corrected chi connectivity index (χ2v) is 4.43. The molecule has 1 aromatic heterocycles. The Labute approximate surface area is 93.9 Å². The quantitative estimate of drug-likeness (QED) is 0.796. The fourth-order valence-corrected chi connectivity index (χ4v) is 1.88. The zero-order chi connectivity index (χ0) is 10.6. The average Bonchev–Trinajstić information content (AvgIpc) is 2.18. The van der Waals surface area contributed by atoms with E-state index in [1.54, 1.807) is 6.07 Å². The molecule has 0 fully saturated rings. The van der Waals surface area contributed by atoms with Crippen LogP contribution < -0.4 is 4.90 Å². The van der Waals surface area contributed by atoms with Crippen molar-refractivity contribution < 1.29 is 0 Å². The Hall–Kier alpha value is -0.480. The number of thioether (sulfide) groups is 1. The Balaban J connectivity index is 2.68. The van der Waals surface area contributed by atoms with Gasteiger partial charge in [-0.3, -0.25) is 0 Å². The topological polar surface area (TPSA) is 29.0 Å². The van der Waals surface area contributed by atoms with E-state index >= 15 is 0 Å². The second kappa shape index (κ2) is 5.41. The monoisotopic (exact) mass is 231 g/mol. The zero-order valence-electron chi connectivity index (χ0n) is 8.57. The molecular formula is C9H14ClN3S. The molecule has 0 aromatic carbocycles. The number of aromatic nitrogens is 2. The predicted octanol–water partition coefficient (Wildman–Crippen LogP) is 2.32. The summed E-state index contributed by atoms with van der Waals surface area (Å²) in [6, 6.07) is 4.08. The smallest absolute Gasteiger partial charge is 0.151 e. The maximum atomic E-state index is 5.66. The van der Waals surface area contributed by atoms with Crippen LogP contribution in [0.4, 0.5) is 5.82 Å². The Bertz CT molecular complexity index is 278. The first-order valence-corrected chi connectivity index (χ1v) is 6.13. The third-order valence-electron chi connectivity index (χ3n) is 2.05. The molecule has 14 heavy (non-hydrogen) atoms. The van der Waals surface area contributed by atoms with Gasteiger partial charge in [0.2, 0.25) is 0 Å². The van der Waals surface area contributed by atoms with E-state index in [0.717, 1.165) is 11.6 Å². The molecule has 0 saturated heterocycles. The molecule has 0 amide bonds. The fraction of sp³-hybridized carbons (Fsp3) is 0.556. The lowest BCUT2D eigenvalue weighted by atomic mass is 10.3. The van der Waals surface area contributed by atoms with Crippen LogP contribution in [0.25, 0.3) is 0 Å². The molecule has 1 rings (SSSR count). The minimum Gasteiger partial charge on any atom is -0.355 e. The third-order valence-corrected chi connectivity index (χ3v) is 3.07. The highest BCUT2D eigenvalue weighted by atomic mass is 35.5. The Kier molecular flexibility index (Phi) is 4.48. The summed E-state index contributed by atoms with van der Waals surface area (Å²) in [6.45, 7) is 2.16. The van der Waals surface area contributed by atoms with Gasteiger partial charge in [0.1, 0.15) is 0 Å². The lowest BCUT2D eigenvalue weighted by Crippen LogP contribution is -2.31. The molecule has 0 radical (unpaired) electrons. The van der Waals surface area contributed by atoms with Crippen molar-refractivity contribution in [3.8, 4) is 0 Å². The van der Waals surface area contributed by atoms with Gasteiger partial charge in [0.05, 0.1) is 0 Å². The van der Waals surface area contributed by atoms with Crippen LogP contribution in [0.1, 0.15) is 6.92 Å². The highest BCUT2D eigenvalue weighted by Gasteiger charge is 2.10. The molecule has 0 bridgehead atoms. The molecule has 78 valence electrons. The first kappa shape index (κ1) is 11.6. The Morgan fingerprint density at radius 3 is 2.71 bits per heavy atom. The Morgan fingerprint density at radius 1 is 1.50 bits per heavy atom. The van der Waals surface area contributed by atoms with Crippen molar-refractivity contribution in [1.82, 2.24) is 10.2 Å². The second-order valence-electron chi connectivity index (χ2n) is 3.13. The lowest BCUT2D eigenvalue weighted by molar-refractivity contribution is 0.743. The summed E-state index contributed by atoms with van der Waals surface area (Å²) in [5, 5.41) is 8.26. The standard InChI is InChI=1S/C9H14ClN3S/c1-7(6-14-3)13(2)9-5-4-8(10)11-12-9/h4-5,7H,6H2,1-3H3. The van der Waals surface area contributed by atoms with Crippen LogP contribution in [0.2, 0.25) is 5.15 Å². The van der Waals surface area contributed by atoms with Gasteiger partial charge in [-0.25, -0.2) is 0 Å². The molecule has 0 spiro atoms. The van der Waals surface area contributed by atoms with Gasteiger partial charge in [-0.15, -0.1) is 10.2 Å². The van der Waals surface area contributed by atoms with Crippen LogP contribution in [0.3, 0.4) is 0 Å². The molecule has 1 heterocycles. The van der Waals surface area contributed by atoms with Gasteiger partial charge in [-0.05, 0) is 25.3 Å². The summed E-state index contributed by atoms with van der Waals surface area (Å²) in [5.74, 6) is 1.93. The van der Waals surface area contributed by atoms with Gasteiger partial charge in [0.25, 0.3) is 0 Å².